The molecule has 2 aliphatic rings. The Bertz CT molecular complexity index is 1110. The van der Waals surface area contributed by atoms with E-state index in [2.05, 4.69) is 6.58 Å². The largest absolute Gasteiger partial charge is 0.454 e. The topological polar surface area (TPSA) is 152 Å². The first-order valence-corrected chi connectivity index (χ1v) is 12.4. The van der Waals surface area contributed by atoms with Crippen molar-refractivity contribution in [3.8, 4) is 0 Å². The van der Waals surface area contributed by atoms with E-state index in [0.717, 1.165) is 18.7 Å². The molecule has 0 radical (unpaired) electrons. The van der Waals surface area contributed by atoms with Crippen LogP contribution >= 0.6 is 0 Å². The zero-order valence-electron chi connectivity index (χ0n) is 22.0. The van der Waals surface area contributed by atoms with Gasteiger partial charge in [-0.3, -0.25) is 24.0 Å². The maximum atomic E-state index is 13.3. The zero-order chi connectivity index (χ0) is 28.7. The summed E-state index contributed by atoms with van der Waals surface area (Å²) in [7, 11) is 0. The van der Waals surface area contributed by atoms with E-state index in [0.29, 0.717) is 12.8 Å². The molecule has 1 aromatic carbocycles. The Balaban J connectivity index is 2.03. The molecule has 5 atom stereocenters. The van der Waals surface area contributed by atoms with Crippen molar-refractivity contribution in [1.82, 2.24) is 4.90 Å². The lowest BCUT2D eigenvalue weighted by atomic mass is 10.0. The van der Waals surface area contributed by atoms with Gasteiger partial charge in [0.05, 0.1) is 24.2 Å². The predicted octanol–water partition coefficient (Wildman–Crippen LogP) is 2.09. The third-order valence-corrected chi connectivity index (χ3v) is 5.94. The van der Waals surface area contributed by atoms with Crippen LogP contribution in [0, 0.1) is 0 Å². The van der Waals surface area contributed by atoms with Crippen LogP contribution in [0.15, 0.2) is 36.9 Å². The number of carbonyl (C=O) groups excluding carboxylic acids is 6. The molecule has 2 heterocycles. The molecule has 0 saturated carbocycles. The van der Waals surface area contributed by atoms with Crippen LogP contribution in [0.25, 0.3) is 0 Å². The van der Waals surface area contributed by atoms with Gasteiger partial charge in [0.15, 0.2) is 24.5 Å². The Hall–Kier alpha value is -3.90. The quantitative estimate of drug-likeness (QED) is 0.125. The fraction of sp³-hybridized carbons (Fsp3) is 0.481. The summed E-state index contributed by atoms with van der Waals surface area (Å²) in [5.41, 5.74) is 0.218. The van der Waals surface area contributed by atoms with Crippen LogP contribution in [0.2, 0.25) is 0 Å². The number of hydrogen-bond acceptors (Lipinski definition) is 11. The number of amides is 2. The average Bonchev–Trinajstić information content (AvgIpc) is 3.13. The number of allylic oxidation sites excluding steroid dienone is 1. The number of Topliss-reactive ketones (excluding diaryl/α,β-unsaturated/α-hetero) is 1. The second-order valence-corrected chi connectivity index (χ2v) is 9.03. The van der Waals surface area contributed by atoms with Crippen molar-refractivity contribution in [2.24, 2.45) is 0 Å². The monoisotopic (exact) mass is 545 g/mol. The van der Waals surface area contributed by atoms with Gasteiger partial charge in [0, 0.05) is 20.3 Å². The van der Waals surface area contributed by atoms with E-state index in [-0.39, 0.29) is 36.4 Å². The average molecular weight is 546 g/mol. The molecule has 210 valence electrons. The van der Waals surface area contributed by atoms with Crippen molar-refractivity contribution in [3.63, 3.8) is 0 Å². The standard InChI is InChI=1S/C27H31NO11/c1-5-6-9-14-35-27-23(38-20(32)13-12-15(2)29)21(36-16(3)30)22(37-17(4)31)26(39-27)28-24(33)18-10-7-8-11-19(18)25(28)34/h5,7-8,10-11,21-23,26-27H,1,6,9,12-14H2,2-4H3/t21-,22-,23+,26-,27?/m0/s1. The van der Waals surface area contributed by atoms with Gasteiger partial charge < -0.3 is 28.5 Å². The normalized spacial score (nSPS) is 24.1. The molecule has 2 amide bonds. The highest BCUT2D eigenvalue weighted by Gasteiger charge is 2.57. The lowest BCUT2D eigenvalue weighted by Crippen LogP contribution is -2.66. The van der Waals surface area contributed by atoms with Crippen LogP contribution < -0.4 is 0 Å². The molecular formula is C27H31NO11. The molecule has 0 aromatic heterocycles. The molecule has 1 unspecified atom stereocenters. The van der Waals surface area contributed by atoms with Crippen molar-refractivity contribution in [3.05, 3.63) is 48.0 Å². The van der Waals surface area contributed by atoms with E-state index < -0.39 is 60.6 Å². The Morgan fingerprint density at radius 1 is 0.897 bits per heavy atom. The van der Waals surface area contributed by atoms with Gasteiger partial charge in [-0.25, -0.2) is 4.90 Å². The van der Waals surface area contributed by atoms with E-state index in [9.17, 15) is 28.8 Å². The summed E-state index contributed by atoms with van der Waals surface area (Å²) >= 11 is 0. The highest BCUT2D eigenvalue weighted by atomic mass is 16.7. The smallest absolute Gasteiger partial charge is 0.306 e. The van der Waals surface area contributed by atoms with Crippen molar-refractivity contribution < 1.29 is 52.5 Å². The highest BCUT2D eigenvalue weighted by molar-refractivity contribution is 6.21. The van der Waals surface area contributed by atoms with Crippen LogP contribution in [0.1, 0.15) is 67.2 Å². The molecular weight excluding hydrogens is 514 g/mol. The van der Waals surface area contributed by atoms with Crippen LogP contribution in [0.3, 0.4) is 0 Å². The molecule has 1 fully saturated rings. The van der Waals surface area contributed by atoms with E-state index in [1.807, 2.05) is 0 Å². The molecule has 0 N–H and O–H groups in total. The second-order valence-electron chi connectivity index (χ2n) is 9.03. The van der Waals surface area contributed by atoms with E-state index in [1.165, 1.54) is 19.1 Å². The van der Waals surface area contributed by atoms with Crippen LogP contribution in [0.4, 0.5) is 0 Å². The minimum absolute atomic E-state index is 0.0814. The molecule has 0 aliphatic carbocycles. The van der Waals surface area contributed by atoms with Gasteiger partial charge in [-0.2, -0.15) is 0 Å². The summed E-state index contributed by atoms with van der Waals surface area (Å²) in [6.07, 6.45) is -5.23. The van der Waals surface area contributed by atoms with Gasteiger partial charge in [0.1, 0.15) is 5.78 Å². The number of unbranched alkanes of at least 4 members (excludes halogenated alkanes) is 1. The van der Waals surface area contributed by atoms with Gasteiger partial charge in [0.25, 0.3) is 11.8 Å². The zero-order valence-corrected chi connectivity index (χ0v) is 22.0. The van der Waals surface area contributed by atoms with E-state index in [1.54, 1.807) is 18.2 Å². The Morgan fingerprint density at radius 3 is 2.03 bits per heavy atom. The first kappa shape index (κ1) is 29.7. The first-order valence-electron chi connectivity index (χ1n) is 12.4. The fourth-order valence-electron chi connectivity index (χ4n) is 4.26. The Morgan fingerprint density at radius 2 is 1.49 bits per heavy atom. The van der Waals surface area contributed by atoms with Gasteiger partial charge in [-0.05, 0) is 31.9 Å². The summed E-state index contributed by atoms with van der Waals surface area (Å²) < 4.78 is 28.3. The number of ketones is 1. The number of hydrogen-bond donors (Lipinski definition) is 0. The van der Waals surface area contributed by atoms with Crippen molar-refractivity contribution in [2.45, 2.75) is 77.3 Å². The van der Waals surface area contributed by atoms with Gasteiger partial charge in [-0.1, -0.05) is 18.2 Å². The fourth-order valence-corrected chi connectivity index (χ4v) is 4.26. The number of imide groups is 1. The second kappa shape index (κ2) is 13.3. The minimum atomic E-state index is -1.60. The van der Waals surface area contributed by atoms with Crippen molar-refractivity contribution in [1.29, 1.82) is 0 Å². The van der Waals surface area contributed by atoms with Crippen molar-refractivity contribution >= 4 is 35.5 Å². The minimum Gasteiger partial charge on any atom is -0.454 e. The molecule has 12 nitrogen and oxygen atoms in total. The molecule has 0 spiro atoms. The molecule has 2 aliphatic heterocycles. The Labute approximate surface area is 225 Å². The molecule has 12 heteroatoms. The number of rotatable bonds is 12. The third kappa shape index (κ3) is 7.15. The molecule has 1 saturated heterocycles. The Kier molecular flexibility index (Phi) is 10.1. The van der Waals surface area contributed by atoms with Crippen LogP contribution in [0.5, 0.6) is 0 Å². The summed E-state index contributed by atoms with van der Waals surface area (Å²) in [5, 5.41) is 0. The SMILES string of the molecule is C=CCCCOC1O[C@H](N2C(=O)c3ccccc3C2=O)[C@@H](OC(C)=O)[C@H](OC(C)=O)[C@H]1OC(=O)CCC(C)=O. The lowest BCUT2D eigenvalue weighted by Gasteiger charge is -2.46. The summed E-state index contributed by atoms with van der Waals surface area (Å²) in [4.78, 5) is 75.6. The number of nitrogens with zero attached hydrogens (tertiary/aromatic N) is 1. The first-order chi connectivity index (χ1) is 18.5. The van der Waals surface area contributed by atoms with Crippen LogP contribution in [-0.2, 0) is 42.9 Å². The molecule has 3 rings (SSSR count). The maximum absolute atomic E-state index is 13.3. The van der Waals surface area contributed by atoms with E-state index >= 15 is 0 Å². The highest BCUT2D eigenvalue weighted by Crippen LogP contribution is 2.35. The van der Waals surface area contributed by atoms with Gasteiger partial charge >= 0.3 is 17.9 Å². The summed E-state index contributed by atoms with van der Waals surface area (Å²) in [6, 6.07) is 6.10. The molecule has 0 bridgehead atoms. The molecule has 39 heavy (non-hydrogen) atoms. The number of ether oxygens (including phenoxy) is 5. The number of benzene rings is 1. The van der Waals surface area contributed by atoms with Gasteiger partial charge in [0.2, 0.25) is 6.29 Å². The number of fused-ring (bicyclic) bond motifs is 1. The van der Waals surface area contributed by atoms with E-state index in [4.69, 9.17) is 23.7 Å². The van der Waals surface area contributed by atoms with Crippen LogP contribution in [-0.4, -0.2) is 77.8 Å². The lowest BCUT2D eigenvalue weighted by molar-refractivity contribution is -0.318. The number of carbonyl (C=O) groups is 6. The third-order valence-electron chi connectivity index (χ3n) is 5.94. The van der Waals surface area contributed by atoms with Crippen molar-refractivity contribution in [2.75, 3.05) is 6.61 Å². The molecule has 1 aromatic rings. The summed E-state index contributed by atoms with van der Waals surface area (Å²) in [6.45, 7) is 7.21. The number of esters is 3. The summed E-state index contributed by atoms with van der Waals surface area (Å²) in [5.74, 6) is -4.17. The predicted molar refractivity (Wildman–Crippen MR) is 132 cm³/mol. The maximum Gasteiger partial charge on any atom is 0.306 e. The van der Waals surface area contributed by atoms with Gasteiger partial charge in [-0.15, -0.1) is 6.58 Å².